The molecule has 0 atom stereocenters. The van der Waals surface area contributed by atoms with Crippen molar-refractivity contribution in [2.45, 2.75) is 13.3 Å². The van der Waals surface area contributed by atoms with E-state index < -0.39 is 0 Å². The van der Waals surface area contributed by atoms with Crippen molar-refractivity contribution in [3.8, 4) is 17.0 Å². The lowest BCUT2D eigenvalue weighted by Crippen LogP contribution is -2.06. The molecule has 0 fully saturated rings. The van der Waals surface area contributed by atoms with Gasteiger partial charge in [-0.25, -0.2) is 4.98 Å². The summed E-state index contributed by atoms with van der Waals surface area (Å²) in [5, 5.41) is 0. The third-order valence-electron chi connectivity index (χ3n) is 3.50. The molecule has 0 aliphatic rings. The molecule has 0 aliphatic carbocycles. The smallest absolute Gasteiger partial charge is 0.137 e. The van der Waals surface area contributed by atoms with Crippen LogP contribution in [0.5, 0.6) is 5.75 Å². The van der Waals surface area contributed by atoms with Crippen molar-refractivity contribution in [2.24, 2.45) is 5.73 Å². The number of pyridine rings is 1. The Morgan fingerprint density at radius 2 is 1.95 bits per heavy atom. The average Bonchev–Trinajstić information content (AvgIpc) is 2.87. The van der Waals surface area contributed by atoms with Crippen LogP contribution in [0.25, 0.3) is 16.9 Å². The number of ether oxygens (including phenoxy) is 1. The van der Waals surface area contributed by atoms with Crippen LogP contribution in [0.2, 0.25) is 0 Å². The third-order valence-corrected chi connectivity index (χ3v) is 3.97. The first-order valence-electron chi connectivity index (χ1n) is 7.32. The van der Waals surface area contributed by atoms with Crippen LogP contribution in [0.15, 0.2) is 47.1 Å². The molecule has 4 nitrogen and oxygen atoms in total. The Morgan fingerprint density at radius 3 is 2.64 bits per heavy atom. The summed E-state index contributed by atoms with van der Waals surface area (Å²) < 4.78 is 8.62. The van der Waals surface area contributed by atoms with Crippen LogP contribution in [0.1, 0.15) is 12.6 Å². The van der Waals surface area contributed by atoms with E-state index in [2.05, 4.69) is 20.3 Å². The van der Waals surface area contributed by atoms with E-state index in [4.69, 9.17) is 15.5 Å². The number of hydrogen-bond donors (Lipinski definition) is 1. The fourth-order valence-corrected chi connectivity index (χ4v) is 2.89. The minimum Gasteiger partial charge on any atom is -0.494 e. The van der Waals surface area contributed by atoms with E-state index in [9.17, 15) is 0 Å². The Balaban J connectivity index is 2.10. The molecule has 114 valence electrons. The summed E-state index contributed by atoms with van der Waals surface area (Å²) in [6.07, 6.45) is 2.81. The largest absolute Gasteiger partial charge is 0.494 e. The zero-order valence-electron chi connectivity index (χ0n) is 12.4. The predicted octanol–water partition coefficient (Wildman–Crippen LogP) is 3.66. The molecule has 5 heteroatoms. The summed E-state index contributed by atoms with van der Waals surface area (Å²) in [6.45, 7) is 3.23. The molecule has 0 radical (unpaired) electrons. The van der Waals surface area contributed by atoms with Gasteiger partial charge in [0, 0.05) is 22.7 Å². The van der Waals surface area contributed by atoms with E-state index in [-0.39, 0.29) is 0 Å². The highest BCUT2D eigenvalue weighted by Crippen LogP contribution is 2.27. The monoisotopic (exact) mass is 359 g/mol. The van der Waals surface area contributed by atoms with Crippen molar-refractivity contribution in [1.82, 2.24) is 9.38 Å². The molecule has 22 heavy (non-hydrogen) atoms. The van der Waals surface area contributed by atoms with Gasteiger partial charge in [-0.15, -0.1) is 0 Å². The van der Waals surface area contributed by atoms with Crippen molar-refractivity contribution in [1.29, 1.82) is 0 Å². The lowest BCUT2D eigenvalue weighted by Gasteiger charge is -2.06. The van der Waals surface area contributed by atoms with E-state index in [1.807, 2.05) is 49.5 Å². The topological polar surface area (TPSA) is 52.5 Å². The SMILES string of the molecule is CCOc1ccc(-c2nc3ccc(Br)cn3c2CCN)cc1. The van der Waals surface area contributed by atoms with Gasteiger partial charge in [-0.3, -0.25) is 0 Å². The molecule has 0 saturated carbocycles. The van der Waals surface area contributed by atoms with Crippen molar-refractivity contribution in [3.05, 3.63) is 52.8 Å². The van der Waals surface area contributed by atoms with Crippen LogP contribution >= 0.6 is 15.9 Å². The first-order chi connectivity index (χ1) is 10.7. The number of halogens is 1. The number of fused-ring (bicyclic) bond motifs is 1. The number of aromatic nitrogens is 2. The van der Waals surface area contributed by atoms with Crippen LogP contribution < -0.4 is 10.5 Å². The summed E-state index contributed by atoms with van der Waals surface area (Å²) in [5.41, 5.74) is 9.89. The van der Waals surface area contributed by atoms with Crippen molar-refractivity contribution >= 4 is 21.6 Å². The highest BCUT2D eigenvalue weighted by Gasteiger charge is 2.13. The molecule has 0 aliphatic heterocycles. The fourth-order valence-electron chi connectivity index (χ4n) is 2.55. The molecule has 0 bridgehead atoms. The second-order valence-corrected chi connectivity index (χ2v) is 5.89. The van der Waals surface area contributed by atoms with Gasteiger partial charge in [-0.05, 0) is 65.8 Å². The van der Waals surface area contributed by atoms with E-state index in [0.29, 0.717) is 13.2 Å². The quantitative estimate of drug-likeness (QED) is 0.756. The standard InChI is InChI=1S/C17H18BrN3O/c1-2-22-14-6-3-12(4-7-14)17-15(9-10-19)21-11-13(18)5-8-16(21)20-17/h3-8,11H,2,9-10,19H2,1H3. The molecule has 2 heterocycles. The van der Waals surface area contributed by atoms with E-state index in [1.54, 1.807) is 0 Å². The molecule has 3 rings (SSSR count). The van der Waals surface area contributed by atoms with Gasteiger partial charge in [-0.2, -0.15) is 0 Å². The maximum absolute atomic E-state index is 5.79. The van der Waals surface area contributed by atoms with Gasteiger partial charge in [0.2, 0.25) is 0 Å². The van der Waals surface area contributed by atoms with E-state index in [1.165, 1.54) is 0 Å². The van der Waals surface area contributed by atoms with Crippen molar-refractivity contribution in [3.63, 3.8) is 0 Å². The average molecular weight is 360 g/mol. The van der Waals surface area contributed by atoms with Crippen LogP contribution in [0.4, 0.5) is 0 Å². The van der Waals surface area contributed by atoms with Crippen molar-refractivity contribution in [2.75, 3.05) is 13.2 Å². The summed E-state index contributed by atoms with van der Waals surface area (Å²) >= 11 is 3.51. The Kier molecular flexibility index (Phi) is 4.45. The van der Waals surface area contributed by atoms with Gasteiger partial charge < -0.3 is 14.9 Å². The first-order valence-corrected chi connectivity index (χ1v) is 8.12. The summed E-state index contributed by atoms with van der Waals surface area (Å²) in [6, 6.07) is 12.0. The summed E-state index contributed by atoms with van der Waals surface area (Å²) in [4.78, 5) is 4.76. The normalized spacial score (nSPS) is 11.0. The summed E-state index contributed by atoms with van der Waals surface area (Å²) in [5.74, 6) is 0.873. The van der Waals surface area contributed by atoms with Crippen LogP contribution in [0, 0.1) is 0 Å². The minimum atomic E-state index is 0.588. The molecule has 1 aromatic carbocycles. The first kappa shape index (κ1) is 15.1. The van der Waals surface area contributed by atoms with E-state index >= 15 is 0 Å². The highest BCUT2D eigenvalue weighted by molar-refractivity contribution is 9.10. The van der Waals surface area contributed by atoms with Crippen molar-refractivity contribution < 1.29 is 4.74 Å². The molecule has 0 saturated heterocycles. The van der Waals surface area contributed by atoms with Gasteiger partial charge in [-0.1, -0.05) is 0 Å². The second-order valence-electron chi connectivity index (χ2n) is 4.98. The molecule has 0 amide bonds. The molecular formula is C17H18BrN3O. The fraction of sp³-hybridized carbons (Fsp3) is 0.235. The number of rotatable bonds is 5. The third kappa shape index (κ3) is 2.87. The number of nitrogens with zero attached hydrogens (tertiary/aromatic N) is 2. The Hall–Kier alpha value is -1.85. The molecule has 3 aromatic rings. The van der Waals surface area contributed by atoms with Gasteiger partial charge in [0.15, 0.2) is 0 Å². The lowest BCUT2D eigenvalue weighted by atomic mass is 10.1. The molecular weight excluding hydrogens is 342 g/mol. The Bertz CT molecular complexity index is 780. The van der Waals surface area contributed by atoms with Gasteiger partial charge >= 0.3 is 0 Å². The maximum atomic E-state index is 5.79. The predicted molar refractivity (Wildman–Crippen MR) is 92.3 cm³/mol. The minimum absolute atomic E-state index is 0.588. The van der Waals surface area contributed by atoms with Gasteiger partial charge in [0.25, 0.3) is 0 Å². The molecule has 0 unspecified atom stereocenters. The molecule has 2 aromatic heterocycles. The highest BCUT2D eigenvalue weighted by atomic mass is 79.9. The van der Waals surface area contributed by atoms with Crippen LogP contribution in [-0.4, -0.2) is 22.5 Å². The maximum Gasteiger partial charge on any atom is 0.137 e. The Morgan fingerprint density at radius 1 is 1.18 bits per heavy atom. The number of nitrogens with two attached hydrogens (primary N) is 1. The molecule has 2 N–H and O–H groups in total. The second kappa shape index (κ2) is 6.50. The van der Waals surface area contributed by atoms with E-state index in [0.717, 1.165) is 39.2 Å². The van der Waals surface area contributed by atoms with Gasteiger partial charge in [0.05, 0.1) is 18.0 Å². The Labute approximate surface area is 138 Å². The van der Waals surface area contributed by atoms with Gasteiger partial charge in [0.1, 0.15) is 11.4 Å². The number of imidazole rings is 1. The number of benzene rings is 1. The molecule has 0 spiro atoms. The zero-order valence-corrected chi connectivity index (χ0v) is 14.0. The van der Waals surface area contributed by atoms with Crippen LogP contribution in [-0.2, 0) is 6.42 Å². The lowest BCUT2D eigenvalue weighted by molar-refractivity contribution is 0.340. The number of hydrogen-bond acceptors (Lipinski definition) is 3. The van der Waals surface area contributed by atoms with Crippen LogP contribution in [0.3, 0.4) is 0 Å². The summed E-state index contributed by atoms with van der Waals surface area (Å²) in [7, 11) is 0. The zero-order chi connectivity index (χ0) is 15.5.